The Bertz CT molecular complexity index is 642. The lowest BCUT2D eigenvalue weighted by Crippen LogP contribution is -2.16. The van der Waals surface area contributed by atoms with E-state index in [-0.39, 0.29) is 12.5 Å². The molecule has 0 saturated heterocycles. The van der Waals surface area contributed by atoms with Crippen molar-refractivity contribution in [3.8, 4) is 11.4 Å². The zero-order valence-electron chi connectivity index (χ0n) is 12.0. The number of tetrazole rings is 1. The van der Waals surface area contributed by atoms with Gasteiger partial charge in [-0.25, -0.2) is 4.68 Å². The first kappa shape index (κ1) is 15.6. The van der Waals surface area contributed by atoms with Crippen LogP contribution in [0.3, 0.4) is 0 Å². The monoisotopic (exact) mass is 352 g/mol. The van der Waals surface area contributed by atoms with E-state index < -0.39 is 5.97 Å². The number of halogens is 1. The molecule has 2 aromatic rings. The van der Waals surface area contributed by atoms with Gasteiger partial charge in [-0.3, -0.25) is 4.79 Å². The molecule has 1 unspecified atom stereocenters. The number of hydrogen-bond acceptors (Lipinski definition) is 4. The fourth-order valence-corrected chi connectivity index (χ4v) is 2.66. The Kier molecular flexibility index (Phi) is 5.06. The highest BCUT2D eigenvalue weighted by atomic mass is 79.9. The highest BCUT2D eigenvalue weighted by Gasteiger charge is 2.21. The molecule has 1 N–H and O–H groups in total. The van der Waals surface area contributed by atoms with Gasteiger partial charge >= 0.3 is 5.97 Å². The summed E-state index contributed by atoms with van der Waals surface area (Å²) in [6, 6.07) is 5.63. The smallest absolute Gasteiger partial charge is 0.305 e. The van der Waals surface area contributed by atoms with Crippen molar-refractivity contribution < 1.29 is 9.90 Å². The quantitative estimate of drug-likeness (QED) is 0.862. The van der Waals surface area contributed by atoms with E-state index in [4.69, 9.17) is 5.11 Å². The van der Waals surface area contributed by atoms with Crippen molar-refractivity contribution in [2.45, 2.75) is 39.2 Å². The second-order valence-corrected chi connectivity index (χ2v) is 5.86. The molecule has 1 atom stereocenters. The molecule has 0 spiro atoms. The maximum Gasteiger partial charge on any atom is 0.305 e. The third kappa shape index (κ3) is 3.66. The third-order valence-electron chi connectivity index (χ3n) is 3.31. The van der Waals surface area contributed by atoms with E-state index in [1.165, 1.54) is 0 Å². The average molecular weight is 353 g/mol. The lowest BCUT2D eigenvalue weighted by molar-refractivity contribution is -0.138. The Hall–Kier alpha value is -1.76. The summed E-state index contributed by atoms with van der Waals surface area (Å²) < 4.78 is 2.56. The van der Waals surface area contributed by atoms with Gasteiger partial charge in [0.15, 0.2) is 5.82 Å². The molecular formula is C14H17BrN4O2. The van der Waals surface area contributed by atoms with Crippen molar-refractivity contribution in [3.05, 3.63) is 28.2 Å². The van der Waals surface area contributed by atoms with Gasteiger partial charge in [-0.15, -0.1) is 5.10 Å². The van der Waals surface area contributed by atoms with Crippen LogP contribution in [0.1, 0.15) is 37.8 Å². The number of hydrogen-bond donors (Lipinski definition) is 1. The number of carboxylic acid groups (broad SMARTS) is 1. The topological polar surface area (TPSA) is 80.9 Å². The van der Waals surface area contributed by atoms with Crippen LogP contribution in [0, 0.1) is 6.92 Å². The van der Waals surface area contributed by atoms with Gasteiger partial charge in [0.1, 0.15) is 0 Å². The van der Waals surface area contributed by atoms with Crippen LogP contribution in [0.5, 0.6) is 0 Å². The number of rotatable bonds is 6. The highest BCUT2D eigenvalue weighted by Crippen LogP contribution is 2.28. The largest absolute Gasteiger partial charge is 0.481 e. The maximum atomic E-state index is 11.1. The fourth-order valence-electron chi connectivity index (χ4n) is 2.30. The van der Waals surface area contributed by atoms with Crippen molar-refractivity contribution in [1.82, 2.24) is 20.2 Å². The van der Waals surface area contributed by atoms with Crippen molar-refractivity contribution >= 4 is 21.9 Å². The molecule has 0 bridgehead atoms. The summed E-state index contributed by atoms with van der Waals surface area (Å²) in [6.45, 7) is 4.00. The predicted molar refractivity (Wildman–Crippen MR) is 81.9 cm³/mol. The summed E-state index contributed by atoms with van der Waals surface area (Å²) in [6.07, 6.45) is 1.60. The van der Waals surface area contributed by atoms with Crippen molar-refractivity contribution in [2.75, 3.05) is 0 Å². The molecule has 0 fully saturated rings. The van der Waals surface area contributed by atoms with Gasteiger partial charge in [-0.05, 0) is 41.5 Å². The molecule has 21 heavy (non-hydrogen) atoms. The third-order valence-corrected chi connectivity index (χ3v) is 3.80. The van der Waals surface area contributed by atoms with Crippen LogP contribution in [-0.4, -0.2) is 31.3 Å². The molecule has 1 aromatic carbocycles. The molecule has 0 aliphatic carbocycles. The molecule has 0 radical (unpaired) electrons. The highest BCUT2D eigenvalue weighted by molar-refractivity contribution is 9.10. The first-order valence-electron chi connectivity index (χ1n) is 6.79. The van der Waals surface area contributed by atoms with Gasteiger partial charge in [0.2, 0.25) is 0 Å². The van der Waals surface area contributed by atoms with Gasteiger partial charge in [-0.2, -0.15) is 0 Å². The molecule has 0 aliphatic rings. The summed E-state index contributed by atoms with van der Waals surface area (Å²) in [4.78, 5) is 11.1. The lowest BCUT2D eigenvalue weighted by atomic mass is 10.1. The Labute approximate surface area is 131 Å². The average Bonchev–Trinajstić information content (AvgIpc) is 2.89. The van der Waals surface area contributed by atoms with Crippen molar-refractivity contribution in [2.24, 2.45) is 0 Å². The van der Waals surface area contributed by atoms with Gasteiger partial charge < -0.3 is 5.11 Å². The summed E-state index contributed by atoms with van der Waals surface area (Å²) >= 11 is 3.44. The van der Waals surface area contributed by atoms with Crippen LogP contribution in [0.2, 0.25) is 0 Å². The van der Waals surface area contributed by atoms with E-state index >= 15 is 0 Å². The summed E-state index contributed by atoms with van der Waals surface area (Å²) in [5, 5.41) is 20.9. The van der Waals surface area contributed by atoms with Crippen LogP contribution < -0.4 is 0 Å². The van der Waals surface area contributed by atoms with Gasteiger partial charge in [-0.1, -0.05) is 35.3 Å². The predicted octanol–water partition coefficient (Wildman–Crippen LogP) is 3.23. The minimum atomic E-state index is -0.846. The second-order valence-electron chi connectivity index (χ2n) is 4.95. The summed E-state index contributed by atoms with van der Waals surface area (Å²) in [7, 11) is 0. The van der Waals surface area contributed by atoms with Crippen LogP contribution in [0.25, 0.3) is 11.4 Å². The van der Waals surface area contributed by atoms with Crippen LogP contribution in [-0.2, 0) is 4.79 Å². The number of aromatic nitrogens is 4. The van der Waals surface area contributed by atoms with Gasteiger partial charge in [0.05, 0.1) is 12.5 Å². The molecule has 7 heteroatoms. The van der Waals surface area contributed by atoms with Crippen LogP contribution in [0.15, 0.2) is 22.7 Å². The number of aliphatic carboxylic acids is 1. The van der Waals surface area contributed by atoms with E-state index in [1.807, 2.05) is 32.0 Å². The second kappa shape index (κ2) is 6.80. The molecule has 112 valence electrons. The SMILES string of the molecule is CCCC(CC(=O)O)n1nnnc1-c1cc(Br)ccc1C. The van der Waals surface area contributed by atoms with Crippen LogP contribution >= 0.6 is 15.9 Å². The normalized spacial score (nSPS) is 12.3. The van der Waals surface area contributed by atoms with Gasteiger partial charge in [0, 0.05) is 10.0 Å². The molecule has 0 amide bonds. The zero-order valence-corrected chi connectivity index (χ0v) is 13.5. The number of aryl methyl sites for hydroxylation is 1. The van der Waals surface area contributed by atoms with E-state index in [9.17, 15) is 4.79 Å². The maximum absolute atomic E-state index is 11.1. The number of carboxylic acids is 1. The van der Waals surface area contributed by atoms with E-state index in [0.29, 0.717) is 5.82 Å². The number of carbonyl (C=O) groups is 1. The molecule has 2 rings (SSSR count). The Morgan fingerprint density at radius 1 is 1.48 bits per heavy atom. The van der Waals surface area contributed by atoms with Gasteiger partial charge in [0.25, 0.3) is 0 Å². The molecule has 0 saturated carbocycles. The van der Waals surface area contributed by atoms with Crippen molar-refractivity contribution in [1.29, 1.82) is 0 Å². The summed E-state index contributed by atoms with van der Waals surface area (Å²) in [5.41, 5.74) is 1.95. The first-order chi connectivity index (χ1) is 10.0. The number of benzene rings is 1. The van der Waals surface area contributed by atoms with Crippen LogP contribution in [0.4, 0.5) is 0 Å². The first-order valence-corrected chi connectivity index (χ1v) is 7.58. The summed E-state index contributed by atoms with van der Waals surface area (Å²) in [5.74, 6) is -0.241. The Morgan fingerprint density at radius 2 is 2.24 bits per heavy atom. The van der Waals surface area contributed by atoms with E-state index in [2.05, 4.69) is 31.5 Å². The fraction of sp³-hybridized carbons (Fsp3) is 0.429. The number of nitrogens with zero attached hydrogens (tertiary/aromatic N) is 4. The molecule has 0 aliphatic heterocycles. The molecular weight excluding hydrogens is 336 g/mol. The minimum Gasteiger partial charge on any atom is -0.481 e. The molecule has 6 nitrogen and oxygen atoms in total. The molecule has 1 heterocycles. The Balaban J connectivity index is 2.45. The lowest BCUT2D eigenvalue weighted by Gasteiger charge is -2.16. The van der Waals surface area contributed by atoms with E-state index in [0.717, 1.165) is 28.4 Å². The Morgan fingerprint density at radius 3 is 2.90 bits per heavy atom. The zero-order chi connectivity index (χ0) is 15.4. The standard InChI is InChI=1S/C14H17BrN4O2/c1-3-4-11(8-13(20)21)19-14(16-17-18-19)12-7-10(15)6-5-9(12)2/h5-7,11H,3-4,8H2,1-2H3,(H,20,21). The van der Waals surface area contributed by atoms with Crippen molar-refractivity contribution in [3.63, 3.8) is 0 Å². The van der Waals surface area contributed by atoms with E-state index in [1.54, 1.807) is 4.68 Å². The molecule has 1 aromatic heterocycles. The minimum absolute atomic E-state index is 0.0128.